The fourth-order valence-corrected chi connectivity index (χ4v) is 3.66. The fraction of sp³-hybridized carbons (Fsp3) is 0.200. The van der Waals surface area contributed by atoms with E-state index in [-0.39, 0.29) is 18.2 Å². The molecule has 2 heterocycles. The standard InChI is InChI=1S/C20H15ClF3N3O2/c1-26-10-15(8-25-26)13-6-14-11-27(19(28)18(14)17(21)7-13)9-12-2-4-16(5-3-12)29-20(22,23)24/h2-8,10H,9,11H2,1H3. The molecule has 1 aliphatic heterocycles. The highest BCUT2D eigenvalue weighted by Crippen LogP contribution is 2.35. The lowest BCUT2D eigenvalue weighted by Crippen LogP contribution is -2.23. The van der Waals surface area contributed by atoms with Crippen molar-refractivity contribution in [2.45, 2.75) is 19.5 Å². The van der Waals surface area contributed by atoms with Gasteiger partial charge in [-0.3, -0.25) is 9.48 Å². The van der Waals surface area contributed by atoms with Crippen molar-refractivity contribution in [1.82, 2.24) is 14.7 Å². The van der Waals surface area contributed by atoms with E-state index in [1.54, 1.807) is 21.8 Å². The largest absolute Gasteiger partial charge is 0.573 e. The van der Waals surface area contributed by atoms with Crippen molar-refractivity contribution in [2.75, 3.05) is 0 Å². The zero-order chi connectivity index (χ0) is 20.8. The number of nitrogens with zero attached hydrogens (tertiary/aromatic N) is 3. The van der Waals surface area contributed by atoms with E-state index in [0.717, 1.165) is 16.7 Å². The first-order chi connectivity index (χ1) is 13.7. The van der Waals surface area contributed by atoms with Crippen molar-refractivity contribution < 1.29 is 22.7 Å². The molecule has 150 valence electrons. The molecule has 1 aromatic heterocycles. The Morgan fingerprint density at radius 3 is 2.52 bits per heavy atom. The maximum absolute atomic E-state index is 12.8. The summed E-state index contributed by atoms with van der Waals surface area (Å²) in [7, 11) is 1.81. The van der Waals surface area contributed by atoms with E-state index in [2.05, 4.69) is 9.84 Å². The summed E-state index contributed by atoms with van der Waals surface area (Å²) in [5.74, 6) is -0.514. The highest BCUT2D eigenvalue weighted by atomic mass is 35.5. The van der Waals surface area contributed by atoms with E-state index < -0.39 is 6.36 Å². The Morgan fingerprint density at radius 1 is 1.17 bits per heavy atom. The summed E-state index contributed by atoms with van der Waals surface area (Å²) < 4.78 is 42.4. The topological polar surface area (TPSA) is 47.4 Å². The average molecular weight is 422 g/mol. The van der Waals surface area contributed by atoms with Gasteiger partial charge in [-0.25, -0.2) is 0 Å². The van der Waals surface area contributed by atoms with Gasteiger partial charge in [-0.05, 0) is 41.0 Å². The van der Waals surface area contributed by atoms with Crippen LogP contribution in [0.3, 0.4) is 0 Å². The van der Waals surface area contributed by atoms with E-state index in [1.807, 2.05) is 19.3 Å². The third-order valence-corrected chi connectivity index (χ3v) is 4.90. The molecule has 0 unspecified atom stereocenters. The molecule has 2 aromatic carbocycles. The van der Waals surface area contributed by atoms with Gasteiger partial charge in [-0.1, -0.05) is 23.7 Å². The molecule has 9 heteroatoms. The van der Waals surface area contributed by atoms with Crippen molar-refractivity contribution in [3.05, 3.63) is 70.5 Å². The number of hydrogen-bond acceptors (Lipinski definition) is 3. The Bertz CT molecular complexity index is 1080. The fourth-order valence-electron chi connectivity index (χ4n) is 3.34. The SMILES string of the molecule is Cn1cc(-c2cc(Cl)c3c(c2)CN(Cc2ccc(OC(F)(F)F)cc2)C3=O)cn1. The number of halogens is 4. The van der Waals surface area contributed by atoms with Crippen LogP contribution in [0.15, 0.2) is 48.8 Å². The number of rotatable bonds is 4. The highest BCUT2D eigenvalue weighted by Gasteiger charge is 2.32. The van der Waals surface area contributed by atoms with Crippen LogP contribution in [0.4, 0.5) is 13.2 Å². The van der Waals surface area contributed by atoms with E-state index in [1.165, 1.54) is 24.3 Å². The van der Waals surface area contributed by atoms with Gasteiger partial charge in [0.15, 0.2) is 0 Å². The Morgan fingerprint density at radius 2 is 1.90 bits per heavy atom. The van der Waals surface area contributed by atoms with Crippen LogP contribution in [0.5, 0.6) is 5.75 Å². The zero-order valence-electron chi connectivity index (χ0n) is 15.2. The predicted molar refractivity (Wildman–Crippen MR) is 100 cm³/mol. The minimum Gasteiger partial charge on any atom is -0.406 e. The number of alkyl halides is 3. The van der Waals surface area contributed by atoms with Crippen molar-refractivity contribution >= 4 is 17.5 Å². The molecule has 5 nitrogen and oxygen atoms in total. The first-order valence-corrected chi connectivity index (χ1v) is 9.03. The molecule has 0 bridgehead atoms. The van der Waals surface area contributed by atoms with Crippen molar-refractivity contribution in [2.24, 2.45) is 7.05 Å². The van der Waals surface area contributed by atoms with Crippen LogP contribution in [0, 0.1) is 0 Å². The first kappa shape index (κ1) is 19.3. The molecule has 0 saturated heterocycles. The van der Waals surface area contributed by atoms with Gasteiger partial charge < -0.3 is 9.64 Å². The van der Waals surface area contributed by atoms with Crippen LogP contribution in [0.1, 0.15) is 21.5 Å². The molecule has 1 aliphatic rings. The zero-order valence-corrected chi connectivity index (χ0v) is 16.0. The Labute approximate surface area is 169 Å². The second-order valence-electron chi connectivity index (χ2n) is 6.75. The molecule has 3 aromatic rings. The van der Waals surface area contributed by atoms with Crippen LogP contribution in [0.25, 0.3) is 11.1 Å². The molecule has 0 N–H and O–H groups in total. The quantitative estimate of drug-likeness (QED) is 0.608. The van der Waals surface area contributed by atoms with E-state index in [4.69, 9.17) is 11.6 Å². The van der Waals surface area contributed by atoms with E-state index in [0.29, 0.717) is 22.7 Å². The second kappa shape index (κ2) is 7.11. The van der Waals surface area contributed by atoms with E-state index >= 15 is 0 Å². The minimum absolute atomic E-state index is 0.210. The molecule has 0 fully saturated rings. The normalized spacial score (nSPS) is 13.7. The van der Waals surface area contributed by atoms with Gasteiger partial charge >= 0.3 is 6.36 Å². The number of carbonyl (C=O) groups is 1. The van der Waals surface area contributed by atoms with Gasteiger partial charge in [0.1, 0.15) is 5.75 Å². The van der Waals surface area contributed by atoms with Gasteiger partial charge in [0.25, 0.3) is 5.91 Å². The lowest BCUT2D eigenvalue weighted by molar-refractivity contribution is -0.274. The number of fused-ring (bicyclic) bond motifs is 1. The Kier molecular flexibility index (Phi) is 4.74. The Hall–Kier alpha value is -3.00. The van der Waals surface area contributed by atoms with Crippen LogP contribution >= 0.6 is 11.6 Å². The number of amides is 1. The predicted octanol–water partition coefficient (Wildman–Crippen LogP) is 4.80. The maximum Gasteiger partial charge on any atom is 0.573 e. The maximum atomic E-state index is 12.8. The number of hydrogen-bond donors (Lipinski definition) is 0. The molecular formula is C20H15ClF3N3O2. The lowest BCUT2D eigenvalue weighted by atomic mass is 10.0. The van der Waals surface area contributed by atoms with Gasteiger partial charge in [-0.15, -0.1) is 13.2 Å². The summed E-state index contributed by atoms with van der Waals surface area (Å²) in [6.45, 7) is 0.612. The van der Waals surface area contributed by atoms with Crippen LogP contribution in [-0.2, 0) is 20.1 Å². The van der Waals surface area contributed by atoms with Gasteiger partial charge in [0, 0.05) is 31.9 Å². The molecule has 0 aliphatic carbocycles. The number of aryl methyl sites for hydroxylation is 1. The third kappa shape index (κ3) is 4.07. The van der Waals surface area contributed by atoms with Gasteiger partial charge in [0.2, 0.25) is 0 Å². The van der Waals surface area contributed by atoms with Crippen molar-refractivity contribution in [3.8, 4) is 16.9 Å². The van der Waals surface area contributed by atoms with Crippen LogP contribution in [0.2, 0.25) is 5.02 Å². The first-order valence-electron chi connectivity index (χ1n) is 8.65. The van der Waals surface area contributed by atoms with Gasteiger partial charge in [0.05, 0.1) is 16.8 Å². The second-order valence-corrected chi connectivity index (χ2v) is 7.16. The molecule has 0 radical (unpaired) electrons. The Balaban J connectivity index is 1.53. The summed E-state index contributed by atoms with van der Waals surface area (Å²) in [6.07, 6.45) is -1.16. The summed E-state index contributed by atoms with van der Waals surface area (Å²) in [5, 5.41) is 4.51. The van der Waals surface area contributed by atoms with Crippen LogP contribution < -0.4 is 4.74 Å². The summed E-state index contributed by atoms with van der Waals surface area (Å²) in [5.41, 5.74) is 3.70. The lowest BCUT2D eigenvalue weighted by Gasteiger charge is -2.16. The molecule has 0 saturated carbocycles. The van der Waals surface area contributed by atoms with Crippen molar-refractivity contribution in [1.29, 1.82) is 0 Å². The number of carbonyl (C=O) groups excluding carboxylic acids is 1. The number of benzene rings is 2. The average Bonchev–Trinajstić information content (AvgIpc) is 3.19. The van der Waals surface area contributed by atoms with Crippen molar-refractivity contribution in [3.63, 3.8) is 0 Å². The molecule has 4 rings (SSSR count). The molecule has 29 heavy (non-hydrogen) atoms. The highest BCUT2D eigenvalue weighted by molar-refractivity contribution is 6.34. The smallest absolute Gasteiger partial charge is 0.406 e. The van der Waals surface area contributed by atoms with E-state index in [9.17, 15) is 18.0 Å². The molecule has 1 amide bonds. The molecule has 0 spiro atoms. The van der Waals surface area contributed by atoms with Crippen LogP contribution in [-0.4, -0.2) is 26.9 Å². The monoisotopic (exact) mass is 421 g/mol. The van der Waals surface area contributed by atoms with Gasteiger partial charge in [-0.2, -0.15) is 5.10 Å². The molecule has 0 atom stereocenters. The number of ether oxygens (including phenoxy) is 1. The summed E-state index contributed by atoms with van der Waals surface area (Å²) in [6, 6.07) is 9.10. The summed E-state index contributed by atoms with van der Waals surface area (Å²) in [4.78, 5) is 14.4. The molecular weight excluding hydrogens is 407 g/mol. The minimum atomic E-state index is -4.74. The third-order valence-electron chi connectivity index (χ3n) is 4.60. The summed E-state index contributed by atoms with van der Waals surface area (Å²) >= 11 is 6.38. The number of aromatic nitrogens is 2.